The molecule has 0 aliphatic heterocycles. The third kappa shape index (κ3) is 3.07. The molecule has 2 rings (SSSR count). The standard InChI is InChI=1S/C13H16ClN3/c1-10(14)7-8-17(2)13-9-15-11-5-3-4-6-12(11)16-13/h3-6,9-10H,7-8H2,1-2H3. The number of hydrogen-bond donors (Lipinski definition) is 0. The SMILES string of the molecule is CC(Cl)CCN(C)c1cnc2ccccc2n1. The number of hydrogen-bond acceptors (Lipinski definition) is 3. The molecule has 1 heterocycles. The largest absolute Gasteiger partial charge is 0.358 e. The minimum absolute atomic E-state index is 0.186. The molecule has 17 heavy (non-hydrogen) atoms. The van der Waals surface area contributed by atoms with E-state index in [9.17, 15) is 0 Å². The number of aromatic nitrogens is 2. The van der Waals surface area contributed by atoms with E-state index in [1.165, 1.54) is 0 Å². The zero-order chi connectivity index (χ0) is 12.3. The van der Waals surface area contributed by atoms with E-state index in [1.807, 2.05) is 38.2 Å². The van der Waals surface area contributed by atoms with Crippen molar-refractivity contribution in [2.75, 3.05) is 18.5 Å². The van der Waals surface area contributed by atoms with Gasteiger partial charge in [-0.3, -0.25) is 4.98 Å². The Labute approximate surface area is 106 Å². The minimum atomic E-state index is 0.186. The first kappa shape index (κ1) is 12.1. The molecule has 1 unspecified atom stereocenters. The fourth-order valence-corrected chi connectivity index (χ4v) is 1.72. The van der Waals surface area contributed by atoms with Gasteiger partial charge in [-0.05, 0) is 25.5 Å². The van der Waals surface area contributed by atoms with Gasteiger partial charge in [0.15, 0.2) is 0 Å². The summed E-state index contributed by atoms with van der Waals surface area (Å²) in [4.78, 5) is 11.0. The molecule has 0 aliphatic rings. The quantitative estimate of drug-likeness (QED) is 0.780. The molecule has 0 amide bonds. The van der Waals surface area contributed by atoms with Crippen LogP contribution in [-0.2, 0) is 0 Å². The molecule has 0 bridgehead atoms. The molecule has 0 N–H and O–H groups in total. The molecule has 0 aliphatic carbocycles. The van der Waals surface area contributed by atoms with E-state index in [2.05, 4.69) is 14.9 Å². The number of fused-ring (bicyclic) bond motifs is 1. The second-order valence-electron chi connectivity index (χ2n) is 4.21. The molecule has 0 saturated heterocycles. The molecular weight excluding hydrogens is 234 g/mol. The number of para-hydroxylation sites is 2. The smallest absolute Gasteiger partial charge is 0.147 e. The van der Waals surface area contributed by atoms with E-state index < -0.39 is 0 Å². The minimum Gasteiger partial charge on any atom is -0.358 e. The van der Waals surface area contributed by atoms with Gasteiger partial charge in [-0.2, -0.15) is 0 Å². The zero-order valence-corrected chi connectivity index (χ0v) is 10.9. The molecular formula is C13H16ClN3. The molecule has 0 fully saturated rings. The van der Waals surface area contributed by atoms with Gasteiger partial charge in [0.05, 0.1) is 17.2 Å². The van der Waals surface area contributed by atoms with Crippen LogP contribution >= 0.6 is 11.6 Å². The average Bonchev–Trinajstić information content (AvgIpc) is 2.35. The number of benzene rings is 1. The molecule has 4 heteroatoms. The lowest BCUT2D eigenvalue weighted by Crippen LogP contribution is -2.21. The summed E-state index contributed by atoms with van der Waals surface area (Å²) >= 11 is 5.94. The number of alkyl halides is 1. The molecule has 0 radical (unpaired) electrons. The van der Waals surface area contributed by atoms with Crippen LogP contribution in [-0.4, -0.2) is 28.9 Å². The highest BCUT2D eigenvalue weighted by atomic mass is 35.5. The van der Waals surface area contributed by atoms with Gasteiger partial charge in [-0.25, -0.2) is 4.98 Å². The van der Waals surface area contributed by atoms with Gasteiger partial charge in [-0.15, -0.1) is 11.6 Å². The van der Waals surface area contributed by atoms with E-state index in [1.54, 1.807) is 6.20 Å². The fourth-order valence-electron chi connectivity index (χ4n) is 1.62. The Morgan fingerprint density at radius 3 is 2.71 bits per heavy atom. The highest BCUT2D eigenvalue weighted by molar-refractivity contribution is 6.20. The lowest BCUT2D eigenvalue weighted by molar-refractivity contribution is 0.765. The van der Waals surface area contributed by atoms with E-state index in [0.717, 1.165) is 29.8 Å². The summed E-state index contributed by atoms with van der Waals surface area (Å²) in [6, 6.07) is 7.88. The van der Waals surface area contributed by atoms with Gasteiger partial charge in [-0.1, -0.05) is 12.1 Å². The summed E-state index contributed by atoms with van der Waals surface area (Å²) in [5.74, 6) is 0.890. The van der Waals surface area contributed by atoms with Crippen LogP contribution < -0.4 is 4.90 Å². The van der Waals surface area contributed by atoms with Gasteiger partial charge in [0.2, 0.25) is 0 Å². The summed E-state index contributed by atoms with van der Waals surface area (Å²) < 4.78 is 0. The van der Waals surface area contributed by atoms with Crippen LogP contribution in [0.2, 0.25) is 0 Å². The van der Waals surface area contributed by atoms with Crippen LogP contribution in [0.4, 0.5) is 5.82 Å². The maximum atomic E-state index is 5.94. The van der Waals surface area contributed by atoms with Crippen molar-refractivity contribution in [3.05, 3.63) is 30.5 Å². The summed E-state index contributed by atoms with van der Waals surface area (Å²) in [5.41, 5.74) is 1.85. The molecule has 3 nitrogen and oxygen atoms in total. The maximum absolute atomic E-state index is 5.94. The predicted octanol–water partition coefficient (Wildman–Crippen LogP) is 3.08. The number of halogens is 1. The molecule has 0 spiro atoms. The summed E-state index contributed by atoms with van der Waals surface area (Å²) in [7, 11) is 2.01. The third-order valence-electron chi connectivity index (χ3n) is 2.69. The van der Waals surface area contributed by atoms with Gasteiger partial charge >= 0.3 is 0 Å². The van der Waals surface area contributed by atoms with Crippen molar-refractivity contribution in [3.8, 4) is 0 Å². The third-order valence-corrected chi connectivity index (χ3v) is 2.91. The average molecular weight is 250 g/mol. The van der Waals surface area contributed by atoms with Crippen molar-refractivity contribution in [1.82, 2.24) is 9.97 Å². The fraction of sp³-hybridized carbons (Fsp3) is 0.385. The predicted molar refractivity (Wildman–Crippen MR) is 72.7 cm³/mol. The molecule has 1 aromatic heterocycles. The number of rotatable bonds is 4. The Kier molecular flexibility index (Phi) is 3.79. The lowest BCUT2D eigenvalue weighted by atomic mass is 10.3. The van der Waals surface area contributed by atoms with Crippen LogP contribution in [0.1, 0.15) is 13.3 Å². The highest BCUT2D eigenvalue weighted by Gasteiger charge is 2.06. The molecule has 2 aromatic rings. The summed E-state index contributed by atoms with van der Waals surface area (Å²) in [5, 5.41) is 0.186. The van der Waals surface area contributed by atoms with Crippen LogP contribution in [0.5, 0.6) is 0 Å². The van der Waals surface area contributed by atoms with Crippen LogP contribution in [0, 0.1) is 0 Å². The Morgan fingerprint density at radius 1 is 1.29 bits per heavy atom. The highest BCUT2D eigenvalue weighted by Crippen LogP contribution is 2.14. The monoisotopic (exact) mass is 249 g/mol. The first-order valence-corrected chi connectivity index (χ1v) is 6.17. The number of anilines is 1. The van der Waals surface area contributed by atoms with E-state index in [4.69, 9.17) is 11.6 Å². The Balaban J connectivity index is 2.18. The summed E-state index contributed by atoms with van der Waals surface area (Å²) in [6.07, 6.45) is 2.74. The Hall–Kier alpha value is -1.35. The van der Waals surface area contributed by atoms with Gasteiger partial charge in [0.1, 0.15) is 5.82 Å². The van der Waals surface area contributed by atoms with E-state index in [0.29, 0.717) is 0 Å². The number of nitrogens with zero attached hydrogens (tertiary/aromatic N) is 3. The van der Waals surface area contributed by atoms with Crippen molar-refractivity contribution in [3.63, 3.8) is 0 Å². The molecule has 90 valence electrons. The van der Waals surface area contributed by atoms with Crippen LogP contribution in [0.25, 0.3) is 11.0 Å². The Morgan fingerprint density at radius 2 is 2.00 bits per heavy atom. The maximum Gasteiger partial charge on any atom is 0.147 e. The molecule has 1 atom stereocenters. The first-order chi connectivity index (χ1) is 8.16. The normalized spacial score (nSPS) is 12.6. The second kappa shape index (κ2) is 5.32. The lowest BCUT2D eigenvalue weighted by Gasteiger charge is -2.18. The summed E-state index contributed by atoms with van der Waals surface area (Å²) in [6.45, 7) is 2.89. The van der Waals surface area contributed by atoms with Crippen molar-refractivity contribution >= 4 is 28.5 Å². The van der Waals surface area contributed by atoms with Gasteiger partial charge < -0.3 is 4.90 Å². The van der Waals surface area contributed by atoms with Crippen molar-refractivity contribution in [2.45, 2.75) is 18.7 Å². The van der Waals surface area contributed by atoms with Crippen LogP contribution in [0.3, 0.4) is 0 Å². The van der Waals surface area contributed by atoms with Gasteiger partial charge in [0.25, 0.3) is 0 Å². The van der Waals surface area contributed by atoms with Crippen LogP contribution in [0.15, 0.2) is 30.5 Å². The van der Waals surface area contributed by atoms with E-state index in [-0.39, 0.29) is 5.38 Å². The molecule has 1 aromatic carbocycles. The zero-order valence-electron chi connectivity index (χ0n) is 10.1. The Bertz CT molecular complexity index is 499. The van der Waals surface area contributed by atoms with Crippen molar-refractivity contribution in [2.24, 2.45) is 0 Å². The van der Waals surface area contributed by atoms with Crippen molar-refractivity contribution < 1.29 is 0 Å². The second-order valence-corrected chi connectivity index (χ2v) is 4.95. The first-order valence-electron chi connectivity index (χ1n) is 5.74. The van der Waals surface area contributed by atoms with Crippen molar-refractivity contribution in [1.29, 1.82) is 0 Å². The molecule has 0 saturated carbocycles. The van der Waals surface area contributed by atoms with Gasteiger partial charge in [0, 0.05) is 19.0 Å². The topological polar surface area (TPSA) is 29.0 Å². The van der Waals surface area contributed by atoms with E-state index >= 15 is 0 Å².